The van der Waals surface area contributed by atoms with E-state index in [-0.39, 0.29) is 6.42 Å². The van der Waals surface area contributed by atoms with E-state index in [0.717, 1.165) is 12.8 Å². The highest BCUT2D eigenvalue weighted by atomic mass is 16.5. The molecule has 0 aliphatic heterocycles. The predicted molar refractivity (Wildman–Crippen MR) is 129 cm³/mol. The number of esters is 1. The van der Waals surface area contributed by atoms with Crippen LogP contribution < -0.4 is 10.1 Å². The van der Waals surface area contributed by atoms with E-state index >= 15 is 0 Å². The third kappa shape index (κ3) is 6.68. The maximum absolute atomic E-state index is 12.2. The SMILES string of the molecule is CC1(C)C(C(=O)O)CCCC[C@@H]1C(O)N[C@@H](Cc1ccc(OC(=O)c2ccccc2)cc1)C(=O)O. The molecule has 0 bridgehead atoms. The summed E-state index contributed by atoms with van der Waals surface area (Å²) in [7, 11) is 0. The molecule has 1 aliphatic rings. The van der Waals surface area contributed by atoms with Crippen LogP contribution in [-0.4, -0.2) is 45.5 Å². The first kappa shape index (κ1) is 26.4. The third-order valence-electron chi connectivity index (χ3n) is 7.04. The van der Waals surface area contributed by atoms with Gasteiger partial charge in [-0.3, -0.25) is 14.9 Å². The number of hydrogen-bond donors (Lipinski definition) is 4. The lowest BCUT2D eigenvalue weighted by Gasteiger charge is -2.40. The van der Waals surface area contributed by atoms with Crippen LogP contribution in [0.25, 0.3) is 0 Å². The molecule has 4 N–H and O–H groups in total. The van der Waals surface area contributed by atoms with E-state index in [1.807, 2.05) is 13.8 Å². The fraction of sp³-hybridized carbons (Fsp3) is 0.444. The molecule has 2 aromatic carbocycles. The number of carboxylic acids is 2. The Morgan fingerprint density at radius 3 is 2.23 bits per heavy atom. The molecule has 188 valence electrons. The van der Waals surface area contributed by atoms with Crippen LogP contribution in [-0.2, 0) is 16.0 Å². The van der Waals surface area contributed by atoms with Crippen molar-refractivity contribution >= 4 is 17.9 Å². The minimum absolute atomic E-state index is 0.0921. The summed E-state index contributed by atoms with van der Waals surface area (Å²) in [6.07, 6.45) is 1.60. The zero-order chi connectivity index (χ0) is 25.6. The third-order valence-corrected chi connectivity index (χ3v) is 7.04. The van der Waals surface area contributed by atoms with E-state index in [1.54, 1.807) is 54.6 Å². The molecular weight excluding hydrogens is 450 g/mol. The second-order valence-corrected chi connectivity index (χ2v) is 9.71. The summed E-state index contributed by atoms with van der Waals surface area (Å²) in [6, 6.07) is 14.0. The van der Waals surface area contributed by atoms with Gasteiger partial charge in [-0.25, -0.2) is 4.79 Å². The monoisotopic (exact) mass is 483 g/mol. The van der Waals surface area contributed by atoms with Gasteiger partial charge in [-0.2, -0.15) is 0 Å². The normalized spacial score (nSPS) is 21.3. The van der Waals surface area contributed by atoms with Crippen LogP contribution >= 0.6 is 0 Å². The van der Waals surface area contributed by atoms with Crippen molar-refractivity contribution in [1.29, 1.82) is 0 Å². The molecular formula is C27H33NO7. The fourth-order valence-electron chi connectivity index (χ4n) is 4.93. The molecule has 8 heteroatoms. The molecule has 0 spiro atoms. The second kappa shape index (κ2) is 11.5. The van der Waals surface area contributed by atoms with Crippen LogP contribution in [0.1, 0.15) is 55.5 Å². The molecule has 4 atom stereocenters. The Balaban J connectivity index is 1.66. The van der Waals surface area contributed by atoms with E-state index in [9.17, 15) is 29.7 Å². The maximum atomic E-state index is 12.2. The van der Waals surface area contributed by atoms with E-state index in [4.69, 9.17) is 4.74 Å². The largest absolute Gasteiger partial charge is 0.481 e. The highest BCUT2D eigenvalue weighted by Crippen LogP contribution is 2.45. The van der Waals surface area contributed by atoms with Crippen molar-refractivity contribution in [3.05, 3.63) is 65.7 Å². The molecule has 1 fully saturated rings. The van der Waals surface area contributed by atoms with Crippen molar-refractivity contribution in [2.75, 3.05) is 0 Å². The summed E-state index contributed by atoms with van der Waals surface area (Å²) in [5, 5.41) is 33.2. The summed E-state index contributed by atoms with van der Waals surface area (Å²) < 4.78 is 5.36. The van der Waals surface area contributed by atoms with E-state index in [0.29, 0.717) is 29.7 Å². The van der Waals surface area contributed by atoms with E-state index in [1.165, 1.54) is 0 Å². The molecule has 1 saturated carbocycles. The molecule has 35 heavy (non-hydrogen) atoms. The van der Waals surface area contributed by atoms with Gasteiger partial charge in [0.25, 0.3) is 0 Å². The summed E-state index contributed by atoms with van der Waals surface area (Å²) in [5.41, 5.74) is 0.398. The van der Waals surface area contributed by atoms with Gasteiger partial charge in [-0.15, -0.1) is 0 Å². The summed E-state index contributed by atoms with van der Waals surface area (Å²) in [6.45, 7) is 3.66. The number of aliphatic hydroxyl groups excluding tert-OH is 1. The lowest BCUT2D eigenvalue weighted by atomic mass is 9.67. The van der Waals surface area contributed by atoms with Crippen molar-refractivity contribution in [3.63, 3.8) is 0 Å². The van der Waals surface area contributed by atoms with Gasteiger partial charge in [0.2, 0.25) is 0 Å². The van der Waals surface area contributed by atoms with Gasteiger partial charge in [0, 0.05) is 5.92 Å². The standard InChI is InChI=1S/C27H33NO7/c1-27(2)20(10-6-7-11-21(27)24(30)31)23(29)28-22(25(32)33)16-17-12-14-19(15-13-17)35-26(34)18-8-4-3-5-9-18/h3-5,8-9,12-15,20-23,28-29H,6-7,10-11,16H2,1-2H3,(H,30,31)(H,32,33)/t20-,21?,22+,23?/m1/s1. The van der Waals surface area contributed by atoms with Gasteiger partial charge in [-0.05, 0) is 54.5 Å². The molecule has 0 saturated heterocycles. The van der Waals surface area contributed by atoms with Crippen molar-refractivity contribution in [2.45, 2.75) is 58.2 Å². The Hall–Kier alpha value is -3.23. The van der Waals surface area contributed by atoms with Crippen molar-refractivity contribution in [1.82, 2.24) is 5.32 Å². The number of aliphatic hydroxyl groups is 1. The molecule has 0 heterocycles. The fourth-order valence-corrected chi connectivity index (χ4v) is 4.93. The quantitative estimate of drug-likeness (QED) is 0.184. The molecule has 3 rings (SSSR count). The van der Waals surface area contributed by atoms with Gasteiger partial charge in [-0.1, -0.05) is 57.0 Å². The van der Waals surface area contributed by atoms with Crippen LogP contribution in [0.3, 0.4) is 0 Å². The number of carbonyl (C=O) groups excluding carboxylic acids is 1. The summed E-state index contributed by atoms with van der Waals surface area (Å²) in [4.78, 5) is 36.0. The average molecular weight is 484 g/mol. The Morgan fingerprint density at radius 2 is 1.63 bits per heavy atom. The van der Waals surface area contributed by atoms with Crippen LogP contribution in [0.2, 0.25) is 0 Å². The topological polar surface area (TPSA) is 133 Å². The highest BCUT2D eigenvalue weighted by molar-refractivity contribution is 5.90. The minimum atomic E-state index is -1.17. The number of carboxylic acid groups (broad SMARTS) is 2. The Morgan fingerprint density at radius 1 is 1.00 bits per heavy atom. The molecule has 2 unspecified atom stereocenters. The van der Waals surface area contributed by atoms with Crippen LogP contribution in [0.15, 0.2) is 54.6 Å². The first-order chi connectivity index (χ1) is 16.6. The van der Waals surface area contributed by atoms with E-state index < -0.39 is 47.4 Å². The summed E-state index contributed by atoms with van der Waals surface area (Å²) >= 11 is 0. The zero-order valence-corrected chi connectivity index (χ0v) is 20.0. The number of carbonyl (C=O) groups is 3. The zero-order valence-electron chi connectivity index (χ0n) is 20.0. The average Bonchev–Trinajstić information content (AvgIpc) is 2.97. The molecule has 1 aliphatic carbocycles. The smallest absolute Gasteiger partial charge is 0.343 e. The highest BCUT2D eigenvalue weighted by Gasteiger charge is 2.46. The van der Waals surface area contributed by atoms with Gasteiger partial charge in [0.05, 0.1) is 11.5 Å². The Labute approximate surface area is 204 Å². The molecule has 0 aromatic heterocycles. The number of aliphatic carboxylic acids is 2. The van der Waals surface area contributed by atoms with Gasteiger partial charge >= 0.3 is 17.9 Å². The number of nitrogens with one attached hydrogen (secondary N) is 1. The molecule has 0 amide bonds. The van der Waals surface area contributed by atoms with Crippen molar-refractivity contribution in [3.8, 4) is 5.75 Å². The van der Waals surface area contributed by atoms with Crippen molar-refractivity contribution in [2.24, 2.45) is 17.3 Å². The lowest BCUT2D eigenvalue weighted by Crippen LogP contribution is -2.52. The number of hydrogen-bond acceptors (Lipinski definition) is 6. The van der Waals surface area contributed by atoms with Crippen LogP contribution in [0, 0.1) is 17.3 Å². The molecule has 0 radical (unpaired) electrons. The molecule has 2 aromatic rings. The van der Waals surface area contributed by atoms with Gasteiger partial charge in [0.15, 0.2) is 0 Å². The first-order valence-corrected chi connectivity index (χ1v) is 11.9. The summed E-state index contributed by atoms with van der Waals surface area (Å²) in [5.74, 6) is -3.19. The van der Waals surface area contributed by atoms with Gasteiger partial charge < -0.3 is 20.1 Å². The van der Waals surface area contributed by atoms with Crippen molar-refractivity contribution < 1.29 is 34.4 Å². The maximum Gasteiger partial charge on any atom is 0.343 e. The first-order valence-electron chi connectivity index (χ1n) is 11.9. The number of rotatable bonds is 9. The van der Waals surface area contributed by atoms with Crippen LogP contribution in [0.5, 0.6) is 5.75 Å². The molecule has 8 nitrogen and oxygen atoms in total. The van der Waals surface area contributed by atoms with Gasteiger partial charge in [0.1, 0.15) is 18.0 Å². The van der Waals surface area contributed by atoms with Crippen LogP contribution in [0.4, 0.5) is 0 Å². The predicted octanol–water partition coefficient (Wildman–Crippen LogP) is 3.73. The van der Waals surface area contributed by atoms with E-state index in [2.05, 4.69) is 5.32 Å². The Kier molecular flexibility index (Phi) is 8.64. The second-order valence-electron chi connectivity index (χ2n) is 9.71. The Bertz CT molecular complexity index is 1020. The minimum Gasteiger partial charge on any atom is -0.481 e. The lowest BCUT2D eigenvalue weighted by molar-refractivity contribution is -0.150. The number of benzene rings is 2. The number of ether oxygens (including phenoxy) is 1.